The number of carbonyl (C=O) groups excluding carboxylic acids is 1. The van der Waals surface area contributed by atoms with Crippen molar-refractivity contribution in [1.29, 1.82) is 0 Å². The van der Waals surface area contributed by atoms with Gasteiger partial charge in [0.25, 0.3) is 0 Å². The molecule has 1 saturated heterocycles. The van der Waals surface area contributed by atoms with Crippen molar-refractivity contribution in [3.8, 4) is 0 Å². The van der Waals surface area contributed by atoms with Crippen molar-refractivity contribution in [2.75, 3.05) is 25.4 Å². The van der Waals surface area contributed by atoms with Crippen molar-refractivity contribution in [3.05, 3.63) is 29.8 Å². The standard InChI is InChI=1S/C17H27N3O/c1-14(13-20-11-3-2-4-12-20)19-17(21)10-7-15-5-8-16(18)9-6-15/h5-6,8-9,14H,2-4,7,10-13,18H2,1H3,(H,19,21). The molecule has 1 aromatic carbocycles. The number of rotatable bonds is 6. The van der Waals surface area contributed by atoms with Gasteiger partial charge in [-0.15, -0.1) is 0 Å². The zero-order valence-corrected chi connectivity index (χ0v) is 13.0. The number of carbonyl (C=O) groups is 1. The summed E-state index contributed by atoms with van der Waals surface area (Å²) in [4.78, 5) is 14.4. The molecule has 2 rings (SSSR count). The summed E-state index contributed by atoms with van der Waals surface area (Å²) in [5.41, 5.74) is 7.57. The summed E-state index contributed by atoms with van der Waals surface area (Å²) in [6.45, 7) is 5.40. The Morgan fingerprint density at radius 3 is 2.57 bits per heavy atom. The fourth-order valence-corrected chi connectivity index (χ4v) is 2.86. The molecular formula is C17H27N3O. The monoisotopic (exact) mass is 289 g/mol. The highest BCUT2D eigenvalue weighted by molar-refractivity contribution is 5.76. The van der Waals surface area contributed by atoms with Gasteiger partial charge in [0.2, 0.25) is 5.91 Å². The average Bonchev–Trinajstić information content (AvgIpc) is 2.47. The van der Waals surface area contributed by atoms with Crippen LogP contribution >= 0.6 is 0 Å². The van der Waals surface area contributed by atoms with Crippen LogP contribution in [0.25, 0.3) is 0 Å². The van der Waals surface area contributed by atoms with E-state index in [1.807, 2.05) is 24.3 Å². The van der Waals surface area contributed by atoms with Gasteiger partial charge < -0.3 is 16.0 Å². The summed E-state index contributed by atoms with van der Waals surface area (Å²) in [5.74, 6) is 0.135. The number of nitrogens with zero attached hydrogens (tertiary/aromatic N) is 1. The molecule has 1 atom stereocenters. The Kier molecular flexibility index (Phi) is 6.05. The van der Waals surface area contributed by atoms with Crippen LogP contribution in [-0.4, -0.2) is 36.5 Å². The van der Waals surface area contributed by atoms with E-state index in [-0.39, 0.29) is 11.9 Å². The lowest BCUT2D eigenvalue weighted by Gasteiger charge is -2.29. The van der Waals surface area contributed by atoms with E-state index in [1.54, 1.807) is 0 Å². The van der Waals surface area contributed by atoms with E-state index in [9.17, 15) is 4.79 Å². The van der Waals surface area contributed by atoms with Crippen LogP contribution in [0.15, 0.2) is 24.3 Å². The van der Waals surface area contributed by atoms with Crippen molar-refractivity contribution in [2.24, 2.45) is 0 Å². The summed E-state index contributed by atoms with van der Waals surface area (Å²) in [5, 5.41) is 3.10. The molecule has 4 nitrogen and oxygen atoms in total. The van der Waals surface area contributed by atoms with Crippen LogP contribution in [0.4, 0.5) is 5.69 Å². The van der Waals surface area contributed by atoms with Crippen molar-refractivity contribution in [2.45, 2.75) is 45.1 Å². The molecule has 0 aliphatic carbocycles. The quantitative estimate of drug-likeness (QED) is 0.789. The third-order valence-corrected chi connectivity index (χ3v) is 4.01. The highest BCUT2D eigenvalue weighted by Gasteiger charge is 2.14. The lowest BCUT2D eigenvalue weighted by atomic mass is 10.1. The second-order valence-corrected chi connectivity index (χ2v) is 6.07. The molecule has 1 aliphatic rings. The predicted octanol–water partition coefficient (Wildman–Crippen LogP) is 2.19. The van der Waals surface area contributed by atoms with Gasteiger partial charge in [-0.2, -0.15) is 0 Å². The van der Waals surface area contributed by atoms with Gasteiger partial charge >= 0.3 is 0 Å². The fourth-order valence-electron chi connectivity index (χ4n) is 2.86. The van der Waals surface area contributed by atoms with E-state index < -0.39 is 0 Å². The maximum Gasteiger partial charge on any atom is 0.220 e. The number of anilines is 1. The number of likely N-dealkylation sites (tertiary alicyclic amines) is 1. The average molecular weight is 289 g/mol. The molecule has 1 fully saturated rings. The van der Waals surface area contributed by atoms with Gasteiger partial charge in [-0.1, -0.05) is 18.6 Å². The van der Waals surface area contributed by atoms with Crippen molar-refractivity contribution < 1.29 is 4.79 Å². The third-order valence-electron chi connectivity index (χ3n) is 4.01. The van der Waals surface area contributed by atoms with Crippen LogP contribution in [0, 0.1) is 0 Å². The maximum atomic E-state index is 12.0. The first-order chi connectivity index (χ1) is 10.1. The summed E-state index contributed by atoms with van der Waals surface area (Å²) < 4.78 is 0. The topological polar surface area (TPSA) is 58.4 Å². The molecule has 1 amide bonds. The Morgan fingerprint density at radius 1 is 1.24 bits per heavy atom. The largest absolute Gasteiger partial charge is 0.399 e. The van der Waals surface area contributed by atoms with E-state index in [0.717, 1.165) is 24.2 Å². The van der Waals surface area contributed by atoms with Gasteiger partial charge in [0.15, 0.2) is 0 Å². The van der Waals surface area contributed by atoms with Crippen molar-refractivity contribution in [1.82, 2.24) is 10.2 Å². The first kappa shape index (κ1) is 15.8. The molecular weight excluding hydrogens is 262 g/mol. The summed E-state index contributed by atoms with van der Waals surface area (Å²) in [6, 6.07) is 7.96. The minimum Gasteiger partial charge on any atom is -0.399 e. The smallest absolute Gasteiger partial charge is 0.220 e. The van der Waals surface area contributed by atoms with Crippen molar-refractivity contribution >= 4 is 11.6 Å². The molecule has 3 N–H and O–H groups in total. The fraction of sp³-hybridized carbons (Fsp3) is 0.588. The van der Waals surface area contributed by atoms with Gasteiger partial charge in [-0.25, -0.2) is 0 Å². The molecule has 0 radical (unpaired) electrons. The van der Waals surface area contributed by atoms with Crippen LogP contribution < -0.4 is 11.1 Å². The first-order valence-electron chi connectivity index (χ1n) is 7.99. The van der Waals surface area contributed by atoms with E-state index in [0.29, 0.717) is 6.42 Å². The Labute approximate surface area is 127 Å². The summed E-state index contributed by atoms with van der Waals surface area (Å²) >= 11 is 0. The Hall–Kier alpha value is -1.55. The Balaban J connectivity index is 1.67. The van der Waals surface area contributed by atoms with Crippen molar-refractivity contribution in [3.63, 3.8) is 0 Å². The maximum absolute atomic E-state index is 12.0. The van der Waals surface area contributed by atoms with E-state index in [1.165, 1.54) is 32.4 Å². The van der Waals surface area contributed by atoms with Gasteiger partial charge in [-0.3, -0.25) is 4.79 Å². The second-order valence-electron chi connectivity index (χ2n) is 6.07. The SMILES string of the molecule is CC(CN1CCCCC1)NC(=O)CCc1ccc(N)cc1. The number of benzene rings is 1. The molecule has 0 saturated carbocycles. The molecule has 0 spiro atoms. The zero-order chi connectivity index (χ0) is 15.1. The number of piperidine rings is 1. The molecule has 0 aromatic heterocycles. The predicted molar refractivity (Wildman–Crippen MR) is 87.1 cm³/mol. The van der Waals surface area contributed by atoms with Gasteiger partial charge in [0.1, 0.15) is 0 Å². The number of hydrogen-bond donors (Lipinski definition) is 2. The van der Waals surface area contributed by atoms with E-state index in [4.69, 9.17) is 5.73 Å². The van der Waals surface area contributed by atoms with Gasteiger partial charge in [0, 0.05) is 24.7 Å². The molecule has 116 valence electrons. The van der Waals surface area contributed by atoms with Crippen LogP contribution in [-0.2, 0) is 11.2 Å². The molecule has 1 unspecified atom stereocenters. The van der Waals surface area contributed by atoms with E-state index >= 15 is 0 Å². The van der Waals surface area contributed by atoms with Crippen LogP contribution in [0.1, 0.15) is 38.2 Å². The van der Waals surface area contributed by atoms with Gasteiger partial charge in [-0.05, 0) is 57.0 Å². The number of nitrogen functional groups attached to an aromatic ring is 1. The Morgan fingerprint density at radius 2 is 1.90 bits per heavy atom. The number of nitrogens with one attached hydrogen (secondary N) is 1. The highest BCUT2D eigenvalue weighted by atomic mass is 16.1. The molecule has 1 aromatic rings. The van der Waals surface area contributed by atoms with Crippen LogP contribution in [0.3, 0.4) is 0 Å². The summed E-state index contributed by atoms with van der Waals surface area (Å²) in [6.07, 6.45) is 5.23. The number of nitrogens with two attached hydrogens (primary N) is 1. The lowest BCUT2D eigenvalue weighted by Crippen LogP contribution is -2.43. The minimum absolute atomic E-state index is 0.135. The third kappa shape index (κ3) is 5.76. The number of hydrogen-bond acceptors (Lipinski definition) is 3. The normalized spacial score (nSPS) is 17.4. The molecule has 0 bridgehead atoms. The minimum atomic E-state index is 0.135. The molecule has 1 heterocycles. The van der Waals surface area contributed by atoms with Crippen LogP contribution in [0.5, 0.6) is 0 Å². The first-order valence-corrected chi connectivity index (χ1v) is 7.99. The zero-order valence-electron chi connectivity index (χ0n) is 13.0. The molecule has 4 heteroatoms. The highest BCUT2D eigenvalue weighted by Crippen LogP contribution is 2.09. The molecule has 1 aliphatic heterocycles. The Bertz CT molecular complexity index is 438. The number of amides is 1. The van der Waals surface area contributed by atoms with Gasteiger partial charge in [0.05, 0.1) is 0 Å². The van der Waals surface area contributed by atoms with Crippen LogP contribution in [0.2, 0.25) is 0 Å². The number of aryl methyl sites for hydroxylation is 1. The lowest BCUT2D eigenvalue weighted by molar-refractivity contribution is -0.121. The second kappa shape index (κ2) is 8.03. The molecule has 21 heavy (non-hydrogen) atoms. The van der Waals surface area contributed by atoms with E-state index in [2.05, 4.69) is 17.1 Å². The summed E-state index contributed by atoms with van der Waals surface area (Å²) in [7, 11) is 0.